The van der Waals surface area contributed by atoms with Crippen LogP contribution in [-0.2, 0) is 4.79 Å². The third kappa shape index (κ3) is 5.05. The quantitative estimate of drug-likeness (QED) is 0.583. The summed E-state index contributed by atoms with van der Waals surface area (Å²) in [6.45, 7) is 2.13. The zero-order chi connectivity index (χ0) is 21.5. The van der Waals surface area contributed by atoms with E-state index in [9.17, 15) is 19.3 Å². The van der Waals surface area contributed by atoms with Gasteiger partial charge in [0.2, 0.25) is 5.91 Å². The summed E-state index contributed by atoms with van der Waals surface area (Å²) in [6, 6.07) is 10.1. The van der Waals surface area contributed by atoms with Crippen molar-refractivity contribution in [1.82, 2.24) is 10.9 Å². The minimum Gasteiger partial charge on any atom is -0.313 e. The smallest absolute Gasteiger partial charge is 0.270 e. The average molecular weight is 413 g/mol. The Morgan fingerprint density at radius 1 is 1.07 bits per heavy atom. The number of nitrogens with zero attached hydrogens (tertiary/aromatic N) is 3. The van der Waals surface area contributed by atoms with Gasteiger partial charge in [-0.1, -0.05) is 18.6 Å². The number of nitro groups is 1. The van der Waals surface area contributed by atoms with Gasteiger partial charge in [-0.2, -0.15) is 0 Å². The van der Waals surface area contributed by atoms with Gasteiger partial charge in [0.25, 0.3) is 5.69 Å². The molecule has 4 rings (SSSR count). The minimum absolute atomic E-state index is 0.143. The summed E-state index contributed by atoms with van der Waals surface area (Å²) >= 11 is 0. The number of hydrogen-bond donors (Lipinski definition) is 2. The molecule has 0 bridgehead atoms. The molecule has 2 aromatic rings. The molecular weight excluding hydrogens is 389 g/mol. The van der Waals surface area contributed by atoms with Crippen LogP contribution in [0.25, 0.3) is 0 Å². The van der Waals surface area contributed by atoms with Crippen molar-refractivity contribution >= 4 is 23.0 Å². The van der Waals surface area contributed by atoms with Crippen LogP contribution in [0.1, 0.15) is 30.4 Å². The summed E-state index contributed by atoms with van der Waals surface area (Å²) in [5.41, 5.74) is 7.31. The second kappa shape index (κ2) is 10.0. The van der Waals surface area contributed by atoms with Crippen LogP contribution in [0.2, 0.25) is 0 Å². The highest BCUT2D eigenvalue weighted by molar-refractivity contribution is 6.19. The predicted octanol–water partition coefficient (Wildman–Crippen LogP) is 2.81. The lowest BCUT2D eigenvalue weighted by Gasteiger charge is -2.17. The van der Waals surface area contributed by atoms with E-state index in [4.69, 9.17) is 0 Å². The van der Waals surface area contributed by atoms with E-state index in [0.717, 1.165) is 13.1 Å². The standard InChI is InChI=1S/C16H12FN3O3.C5H12N2/c1-19-14-7-6-10(20(22)23)8-12(14)16(18-9-15(19)21)11-4-2-3-5-13(11)17;1-2-4-6-7-5-3-1/h2-8H,9H2,1H3;6-7H,1-5H2. The van der Waals surface area contributed by atoms with E-state index in [0.29, 0.717) is 11.3 Å². The Bertz CT molecular complexity index is 944. The Morgan fingerprint density at radius 3 is 2.43 bits per heavy atom. The van der Waals surface area contributed by atoms with Crippen molar-refractivity contribution in [3.05, 3.63) is 69.5 Å². The lowest BCUT2D eigenvalue weighted by Crippen LogP contribution is -2.30. The molecule has 1 saturated heterocycles. The maximum Gasteiger partial charge on any atom is 0.270 e. The lowest BCUT2D eigenvalue weighted by atomic mass is 9.99. The molecule has 2 aromatic carbocycles. The molecule has 2 aliphatic rings. The van der Waals surface area contributed by atoms with E-state index in [1.165, 1.54) is 54.5 Å². The zero-order valence-corrected chi connectivity index (χ0v) is 16.7. The molecule has 1 fully saturated rings. The third-order valence-corrected chi connectivity index (χ3v) is 4.91. The van der Waals surface area contributed by atoms with Gasteiger partial charge in [-0.3, -0.25) is 30.8 Å². The van der Waals surface area contributed by atoms with E-state index < -0.39 is 10.7 Å². The van der Waals surface area contributed by atoms with Crippen LogP contribution in [0, 0.1) is 15.9 Å². The van der Waals surface area contributed by atoms with Crippen molar-refractivity contribution in [3.8, 4) is 0 Å². The number of benzodiazepines with no additional fused rings is 1. The molecule has 0 atom stereocenters. The number of likely N-dealkylation sites (N-methyl/N-ethyl adjacent to an activating group) is 1. The highest BCUT2D eigenvalue weighted by Crippen LogP contribution is 2.30. The number of amides is 1. The molecule has 1 amide bonds. The Morgan fingerprint density at radius 2 is 1.77 bits per heavy atom. The summed E-state index contributed by atoms with van der Waals surface area (Å²) in [5, 5.41) is 11.0. The number of nitro benzene ring substituents is 1. The monoisotopic (exact) mass is 413 g/mol. The molecule has 158 valence electrons. The molecule has 30 heavy (non-hydrogen) atoms. The van der Waals surface area contributed by atoms with E-state index >= 15 is 0 Å². The first-order chi connectivity index (χ1) is 14.5. The second-order valence-corrected chi connectivity index (χ2v) is 6.97. The minimum atomic E-state index is -0.536. The number of carbonyl (C=O) groups is 1. The Labute approximate surface area is 173 Å². The fourth-order valence-electron chi connectivity index (χ4n) is 3.26. The van der Waals surface area contributed by atoms with Crippen LogP contribution in [-0.4, -0.2) is 43.2 Å². The van der Waals surface area contributed by atoms with Gasteiger partial charge >= 0.3 is 0 Å². The zero-order valence-electron chi connectivity index (χ0n) is 16.7. The maximum atomic E-state index is 14.1. The molecule has 0 saturated carbocycles. The first-order valence-corrected chi connectivity index (χ1v) is 9.79. The molecule has 2 heterocycles. The summed E-state index contributed by atoms with van der Waals surface area (Å²) in [5.74, 6) is -0.771. The number of hydrazine groups is 1. The Hall–Kier alpha value is -3.17. The van der Waals surface area contributed by atoms with Crippen LogP contribution in [0.15, 0.2) is 47.5 Å². The van der Waals surface area contributed by atoms with Gasteiger partial charge in [0.05, 0.1) is 16.3 Å². The van der Waals surface area contributed by atoms with Crippen molar-refractivity contribution in [2.45, 2.75) is 19.3 Å². The molecule has 0 aliphatic carbocycles. The molecule has 9 heteroatoms. The molecule has 0 aromatic heterocycles. The number of rotatable bonds is 2. The number of fused-ring (bicyclic) bond motifs is 1. The normalized spacial score (nSPS) is 16.4. The average Bonchev–Trinajstić information content (AvgIpc) is 3.12. The SMILES string of the molecule is C1CCNNCC1.CN1C(=O)CN=C(c2ccccc2F)c2cc([N+](=O)[O-])ccc21. The summed E-state index contributed by atoms with van der Waals surface area (Å²) < 4.78 is 14.1. The Balaban J connectivity index is 0.000000310. The highest BCUT2D eigenvalue weighted by Gasteiger charge is 2.25. The highest BCUT2D eigenvalue weighted by atomic mass is 19.1. The molecular formula is C21H24FN5O3. The van der Waals surface area contributed by atoms with Crippen molar-refractivity contribution < 1.29 is 14.1 Å². The lowest BCUT2D eigenvalue weighted by molar-refractivity contribution is -0.384. The number of anilines is 1. The number of benzene rings is 2. The number of carbonyl (C=O) groups excluding carboxylic acids is 1. The first kappa shape index (κ1) is 21.5. The second-order valence-electron chi connectivity index (χ2n) is 6.97. The summed E-state index contributed by atoms with van der Waals surface area (Å²) in [4.78, 5) is 28.1. The molecule has 0 unspecified atom stereocenters. The van der Waals surface area contributed by atoms with E-state index in [1.807, 2.05) is 0 Å². The van der Waals surface area contributed by atoms with Gasteiger partial charge in [-0.15, -0.1) is 0 Å². The van der Waals surface area contributed by atoms with E-state index in [1.54, 1.807) is 19.2 Å². The van der Waals surface area contributed by atoms with Crippen LogP contribution in [0.3, 0.4) is 0 Å². The number of hydrogen-bond acceptors (Lipinski definition) is 6. The fraction of sp³-hybridized carbons (Fsp3) is 0.333. The third-order valence-electron chi connectivity index (χ3n) is 4.91. The van der Waals surface area contributed by atoms with Crippen LogP contribution < -0.4 is 15.8 Å². The van der Waals surface area contributed by atoms with Crippen molar-refractivity contribution in [1.29, 1.82) is 0 Å². The number of aliphatic imine (C=N–C) groups is 1. The van der Waals surface area contributed by atoms with Gasteiger partial charge < -0.3 is 4.90 Å². The molecule has 2 aliphatic heterocycles. The van der Waals surface area contributed by atoms with Crippen LogP contribution in [0.5, 0.6) is 0 Å². The van der Waals surface area contributed by atoms with Gasteiger partial charge in [-0.25, -0.2) is 4.39 Å². The van der Waals surface area contributed by atoms with Gasteiger partial charge in [-0.05, 0) is 31.0 Å². The molecule has 2 N–H and O–H groups in total. The first-order valence-electron chi connectivity index (χ1n) is 9.79. The summed E-state index contributed by atoms with van der Waals surface area (Å²) in [7, 11) is 1.56. The van der Waals surface area contributed by atoms with Gasteiger partial charge in [0, 0.05) is 43.4 Å². The molecule has 0 spiro atoms. The van der Waals surface area contributed by atoms with Crippen LogP contribution in [0.4, 0.5) is 15.8 Å². The van der Waals surface area contributed by atoms with E-state index in [-0.39, 0.29) is 29.4 Å². The molecule has 8 nitrogen and oxygen atoms in total. The van der Waals surface area contributed by atoms with Crippen LogP contribution >= 0.6 is 0 Å². The van der Waals surface area contributed by atoms with E-state index in [2.05, 4.69) is 15.8 Å². The summed E-state index contributed by atoms with van der Waals surface area (Å²) in [6.07, 6.45) is 4.03. The number of nitrogens with one attached hydrogen (secondary N) is 2. The predicted molar refractivity (Wildman–Crippen MR) is 113 cm³/mol. The van der Waals surface area contributed by atoms with Crippen molar-refractivity contribution in [2.24, 2.45) is 4.99 Å². The largest absolute Gasteiger partial charge is 0.313 e. The number of non-ortho nitro benzene ring substituents is 1. The van der Waals surface area contributed by atoms with Gasteiger partial charge in [0.15, 0.2) is 0 Å². The van der Waals surface area contributed by atoms with Crippen molar-refractivity contribution in [2.75, 3.05) is 31.6 Å². The Kier molecular flexibility index (Phi) is 7.21. The van der Waals surface area contributed by atoms with Gasteiger partial charge in [0.1, 0.15) is 12.4 Å². The fourth-order valence-corrected chi connectivity index (χ4v) is 3.26. The topological polar surface area (TPSA) is 99.9 Å². The number of halogens is 1. The van der Waals surface area contributed by atoms with Crippen molar-refractivity contribution in [3.63, 3.8) is 0 Å². The molecule has 0 radical (unpaired) electrons. The maximum absolute atomic E-state index is 14.1.